The number of rotatable bonds is 7. The summed E-state index contributed by atoms with van der Waals surface area (Å²) < 4.78 is 4.92. The second-order valence-corrected chi connectivity index (χ2v) is 5.67. The molecule has 2 atom stereocenters. The van der Waals surface area contributed by atoms with Gasteiger partial charge in [0.2, 0.25) is 6.10 Å². The van der Waals surface area contributed by atoms with Gasteiger partial charge in [0, 0.05) is 18.2 Å². The molecule has 1 amide bonds. The lowest BCUT2D eigenvalue weighted by Crippen LogP contribution is -2.42. The van der Waals surface area contributed by atoms with E-state index < -0.39 is 22.9 Å². The number of nitrogens with one attached hydrogen (secondary N) is 1. The first-order valence-corrected chi connectivity index (χ1v) is 8.37. The number of anilines is 1. The van der Waals surface area contributed by atoms with E-state index in [2.05, 4.69) is 5.32 Å². The lowest BCUT2D eigenvalue weighted by Gasteiger charge is -2.33. The minimum atomic E-state index is -1.02. The maximum Gasteiger partial charge on any atom is 0.342 e. The minimum absolute atomic E-state index is 0.0344. The van der Waals surface area contributed by atoms with Gasteiger partial charge in [-0.25, -0.2) is 9.86 Å². The molecule has 2 N–H and O–H groups in total. The Morgan fingerprint density at radius 3 is 2.78 bits per heavy atom. The number of carbonyl (C=O) groups excluding carboxylic acids is 2. The molecule has 0 spiro atoms. The van der Waals surface area contributed by atoms with Gasteiger partial charge in [-0.05, 0) is 32.1 Å². The number of aliphatic hydroxyl groups is 1. The highest BCUT2D eigenvalue weighted by Crippen LogP contribution is 2.33. The Kier molecular flexibility index (Phi) is 6.85. The summed E-state index contributed by atoms with van der Waals surface area (Å²) in [6.07, 6.45) is 2.19. The van der Waals surface area contributed by atoms with Crippen molar-refractivity contribution in [3.05, 3.63) is 46.0 Å². The van der Waals surface area contributed by atoms with Crippen LogP contribution in [-0.2, 0) is 14.4 Å². The highest BCUT2D eigenvalue weighted by atomic mass is 16.7. The largest absolute Gasteiger partial charge is 0.464 e. The topological polar surface area (TPSA) is 131 Å². The molecule has 2 unspecified atom stereocenters. The Morgan fingerprint density at radius 1 is 1.41 bits per heavy atom. The molecule has 0 fully saturated rings. The van der Waals surface area contributed by atoms with Crippen molar-refractivity contribution in [2.75, 3.05) is 24.8 Å². The SMILES string of the molecule is CCOC(=O)C1C=CC(C)N(c2ccc(C(=O)NCCO)cc2[N+](=O)[O-])O1. The third-order valence-electron chi connectivity index (χ3n) is 3.75. The second-order valence-electron chi connectivity index (χ2n) is 5.67. The Balaban J connectivity index is 2.33. The van der Waals surface area contributed by atoms with Crippen LogP contribution in [0.25, 0.3) is 0 Å². The third kappa shape index (κ3) is 4.80. The van der Waals surface area contributed by atoms with Crippen LogP contribution in [0, 0.1) is 10.1 Å². The van der Waals surface area contributed by atoms with Gasteiger partial charge in [-0.2, -0.15) is 0 Å². The molecule has 0 aliphatic carbocycles. The lowest BCUT2D eigenvalue weighted by atomic mass is 10.1. The van der Waals surface area contributed by atoms with Crippen LogP contribution in [0.2, 0.25) is 0 Å². The van der Waals surface area contributed by atoms with Crippen molar-refractivity contribution < 1.29 is 29.2 Å². The van der Waals surface area contributed by atoms with Crippen LogP contribution in [-0.4, -0.2) is 53.8 Å². The predicted molar refractivity (Wildman–Crippen MR) is 95.1 cm³/mol. The highest BCUT2D eigenvalue weighted by molar-refractivity contribution is 5.95. The third-order valence-corrected chi connectivity index (χ3v) is 3.75. The number of esters is 1. The van der Waals surface area contributed by atoms with Crippen LogP contribution in [0.4, 0.5) is 11.4 Å². The molecule has 1 aromatic rings. The molecule has 10 heteroatoms. The number of hydrogen-bond acceptors (Lipinski definition) is 8. The maximum atomic E-state index is 12.0. The van der Waals surface area contributed by atoms with Crippen molar-refractivity contribution in [1.29, 1.82) is 0 Å². The monoisotopic (exact) mass is 379 g/mol. The first kappa shape index (κ1) is 20.3. The summed E-state index contributed by atoms with van der Waals surface area (Å²) in [6, 6.07) is 3.52. The van der Waals surface area contributed by atoms with Gasteiger partial charge in [-0.1, -0.05) is 6.08 Å². The summed E-state index contributed by atoms with van der Waals surface area (Å²) >= 11 is 0. The molecule has 1 aliphatic rings. The van der Waals surface area contributed by atoms with Gasteiger partial charge in [0.05, 0.1) is 24.2 Å². The quantitative estimate of drug-likeness (QED) is 0.310. The summed E-state index contributed by atoms with van der Waals surface area (Å²) in [5, 5.41) is 24.0. The number of nitro benzene ring substituents is 1. The zero-order chi connectivity index (χ0) is 20.0. The van der Waals surface area contributed by atoms with Gasteiger partial charge in [0.25, 0.3) is 11.6 Å². The van der Waals surface area contributed by atoms with Crippen LogP contribution in [0.3, 0.4) is 0 Å². The standard InChI is InChI=1S/C17H21N3O7/c1-3-26-17(23)15-7-4-11(2)19(27-15)13-6-5-12(10-14(13)20(24)25)16(22)18-8-9-21/h4-7,10-11,15,21H,3,8-9H2,1-2H3,(H,18,22). The summed E-state index contributed by atoms with van der Waals surface area (Å²) in [5.74, 6) is -1.15. The van der Waals surface area contributed by atoms with Gasteiger partial charge < -0.3 is 15.2 Å². The fourth-order valence-electron chi connectivity index (χ4n) is 2.48. The van der Waals surface area contributed by atoms with Crippen molar-refractivity contribution in [3.63, 3.8) is 0 Å². The first-order valence-electron chi connectivity index (χ1n) is 8.37. The minimum Gasteiger partial charge on any atom is -0.464 e. The molecular formula is C17H21N3O7. The molecule has 0 bridgehead atoms. The lowest BCUT2D eigenvalue weighted by molar-refractivity contribution is -0.384. The number of amides is 1. The summed E-state index contributed by atoms with van der Waals surface area (Å²) in [7, 11) is 0. The van der Waals surface area contributed by atoms with Crippen molar-refractivity contribution in [2.24, 2.45) is 0 Å². The fourth-order valence-corrected chi connectivity index (χ4v) is 2.48. The van der Waals surface area contributed by atoms with E-state index in [0.717, 1.165) is 6.07 Å². The zero-order valence-corrected chi connectivity index (χ0v) is 15.0. The number of benzene rings is 1. The maximum absolute atomic E-state index is 12.0. The zero-order valence-electron chi connectivity index (χ0n) is 15.0. The molecule has 0 radical (unpaired) electrons. The van der Waals surface area contributed by atoms with Crippen molar-refractivity contribution in [3.8, 4) is 0 Å². The second kappa shape index (κ2) is 9.10. The molecule has 1 aromatic carbocycles. The first-order chi connectivity index (χ1) is 12.9. The number of hydroxylamine groups is 1. The number of hydrogen-bond donors (Lipinski definition) is 2. The molecule has 10 nitrogen and oxygen atoms in total. The van der Waals surface area contributed by atoms with E-state index in [9.17, 15) is 19.7 Å². The molecule has 0 saturated heterocycles. The summed E-state index contributed by atoms with van der Waals surface area (Å²) in [4.78, 5) is 40.4. The smallest absolute Gasteiger partial charge is 0.342 e. The van der Waals surface area contributed by atoms with Crippen molar-refractivity contribution in [2.45, 2.75) is 26.0 Å². The van der Waals surface area contributed by atoms with Crippen LogP contribution in [0.15, 0.2) is 30.4 Å². The van der Waals surface area contributed by atoms with Gasteiger partial charge in [0.15, 0.2) is 0 Å². The highest BCUT2D eigenvalue weighted by Gasteiger charge is 2.32. The Hall–Kier alpha value is -2.98. The summed E-state index contributed by atoms with van der Waals surface area (Å²) in [6.45, 7) is 3.37. The average Bonchev–Trinajstić information content (AvgIpc) is 2.66. The van der Waals surface area contributed by atoms with E-state index in [4.69, 9.17) is 14.7 Å². The number of nitro groups is 1. The van der Waals surface area contributed by atoms with Gasteiger partial charge in [-0.3, -0.25) is 19.7 Å². The van der Waals surface area contributed by atoms with Crippen molar-refractivity contribution >= 4 is 23.3 Å². The molecular weight excluding hydrogens is 358 g/mol. The molecule has 146 valence electrons. The number of ether oxygens (including phenoxy) is 1. The molecule has 0 aromatic heterocycles. The summed E-state index contributed by atoms with van der Waals surface area (Å²) in [5.41, 5.74) is -0.178. The Bertz CT molecular complexity index is 750. The van der Waals surface area contributed by atoms with Crippen LogP contribution >= 0.6 is 0 Å². The number of carbonyl (C=O) groups is 2. The number of aliphatic hydroxyl groups excluding tert-OH is 1. The fraction of sp³-hybridized carbons (Fsp3) is 0.412. The van der Waals surface area contributed by atoms with Gasteiger partial charge >= 0.3 is 5.97 Å². The predicted octanol–water partition coefficient (Wildman–Crippen LogP) is 0.945. The van der Waals surface area contributed by atoms with Gasteiger partial charge in [-0.15, -0.1) is 0 Å². The van der Waals surface area contributed by atoms with Crippen LogP contribution < -0.4 is 10.4 Å². The van der Waals surface area contributed by atoms with E-state index in [-0.39, 0.29) is 42.7 Å². The average molecular weight is 379 g/mol. The van der Waals surface area contributed by atoms with Crippen LogP contribution in [0.5, 0.6) is 0 Å². The normalized spacial score (nSPS) is 18.9. The molecule has 0 saturated carbocycles. The van der Waals surface area contributed by atoms with E-state index >= 15 is 0 Å². The van der Waals surface area contributed by atoms with Gasteiger partial charge in [0.1, 0.15) is 5.69 Å². The van der Waals surface area contributed by atoms with E-state index in [1.54, 1.807) is 19.9 Å². The number of nitrogens with zero attached hydrogens (tertiary/aromatic N) is 2. The van der Waals surface area contributed by atoms with E-state index in [0.29, 0.717) is 0 Å². The Morgan fingerprint density at radius 2 is 2.15 bits per heavy atom. The molecule has 1 aliphatic heterocycles. The van der Waals surface area contributed by atoms with E-state index in [1.807, 2.05) is 0 Å². The molecule has 1 heterocycles. The van der Waals surface area contributed by atoms with E-state index in [1.165, 1.54) is 23.3 Å². The Labute approximate surface area is 155 Å². The van der Waals surface area contributed by atoms with Crippen LogP contribution in [0.1, 0.15) is 24.2 Å². The molecule has 2 rings (SSSR count). The molecule has 27 heavy (non-hydrogen) atoms. The van der Waals surface area contributed by atoms with Crippen molar-refractivity contribution in [1.82, 2.24) is 5.32 Å².